The van der Waals surface area contributed by atoms with Gasteiger partial charge in [-0.05, 0) is 18.1 Å². The Balaban J connectivity index is 2.22. The summed E-state index contributed by atoms with van der Waals surface area (Å²) < 4.78 is 5.47. The maximum absolute atomic E-state index is 9.52. The lowest BCUT2D eigenvalue weighted by molar-refractivity contribution is 0.0976. The molecule has 0 saturated heterocycles. The van der Waals surface area contributed by atoms with Crippen LogP contribution >= 0.6 is 0 Å². The number of ether oxygens (including phenoxy) is 1. The van der Waals surface area contributed by atoms with Crippen LogP contribution in [0.15, 0.2) is 30.3 Å². The van der Waals surface area contributed by atoms with Crippen molar-refractivity contribution in [3.8, 4) is 5.75 Å². The first-order valence-electron chi connectivity index (χ1n) is 5.06. The highest BCUT2D eigenvalue weighted by Crippen LogP contribution is 2.10. The molecule has 0 fully saturated rings. The molecule has 0 radical (unpaired) electrons. The molecule has 0 bridgehead atoms. The molecule has 0 aliphatic rings. The van der Waals surface area contributed by atoms with E-state index in [1.807, 2.05) is 44.2 Å². The molecule has 0 aliphatic carbocycles. The van der Waals surface area contributed by atoms with E-state index in [2.05, 4.69) is 0 Å². The minimum absolute atomic E-state index is 0.265. The molecule has 0 saturated carbocycles. The highest BCUT2D eigenvalue weighted by molar-refractivity contribution is 5.20. The van der Waals surface area contributed by atoms with Crippen LogP contribution < -0.4 is 4.74 Å². The molecule has 2 nitrogen and oxygen atoms in total. The third-order valence-electron chi connectivity index (χ3n) is 2.20. The van der Waals surface area contributed by atoms with Gasteiger partial charge in [-0.3, -0.25) is 0 Å². The fourth-order valence-electron chi connectivity index (χ4n) is 1.15. The number of hydrogen-bond acceptors (Lipinski definition) is 2. The molecule has 1 aromatic rings. The summed E-state index contributed by atoms with van der Waals surface area (Å²) in [4.78, 5) is 0. The Morgan fingerprint density at radius 3 is 2.43 bits per heavy atom. The Labute approximate surface area is 85.5 Å². The fraction of sp³-hybridized carbons (Fsp3) is 0.500. The first-order chi connectivity index (χ1) is 6.70. The number of hydrogen-bond donors (Lipinski definition) is 1. The summed E-state index contributed by atoms with van der Waals surface area (Å²) in [5, 5.41) is 9.52. The molecule has 1 unspecified atom stereocenters. The minimum Gasteiger partial charge on any atom is -0.493 e. The highest BCUT2D eigenvalue weighted by Gasteiger charge is 2.08. The van der Waals surface area contributed by atoms with Gasteiger partial charge in [-0.15, -0.1) is 0 Å². The smallest absolute Gasteiger partial charge is 0.119 e. The fourth-order valence-corrected chi connectivity index (χ4v) is 1.15. The van der Waals surface area contributed by atoms with Crippen LogP contribution in [0.5, 0.6) is 5.75 Å². The standard InChI is InChI=1S/C12H18O2/c1-10(2)12(13)8-9-14-11-6-4-3-5-7-11/h3-7,10,12-13H,8-9H2,1-2H3. The first kappa shape index (κ1) is 11.1. The Kier molecular flexibility index (Phi) is 4.47. The van der Waals surface area contributed by atoms with E-state index in [0.29, 0.717) is 18.9 Å². The number of rotatable bonds is 5. The average molecular weight is 194 g/mol. The number of aliphatic hydroxyl groups is 1. The summed E-state index contributed by atoms with van der Waals surface area (Å²) in [6, 6.07) is 9.67. The number of aliphatic hydroxyl groups excluding tert-OH is 1. The summed E-state index contributed by atoms with van der Waals surface area (Å²) in [5.74, 6) is 1.16. The summed E-state index contributed by atoms with van der Waals surface area (Å²) in [7, 11) is 0. The molecule has 0 amide bonds. The molecule has 14 heavy (non-hydrogen) atoms. The van der Waals surface area contributed by atoms with E-state index in [0.717, 1.165) is 5.75 Å². The van der Waals surface area contributed by atoms with Crippen molar-refractivity contribution < 1.29 is 9.84 Å². The molecule has 1 rings (SSSR count). The lowest BCUT2D eigenvalue weighted by Crippen LogP contribution is -2.17. The van der Waals surface area contributed by atoms with Crippen LogP contribution in [-0.2, 0) is 0 Å². The van der Waals surface area contributed by atoms with E-state index in [1.54, 1.807) is 0 Å². The van der Waals surface area contributed by atoms with Gasteiger partial charge < -0.3 is 9.84 Å². The van der Waals surface area contributed by atoms with Crippen molar-refractivity contribution in [3.05, 3.63) is 30.3 Å². The van der Waals surface area contributed by atoms with Gasteiger partial charge in [-0.2, -0.15) is 0 Å². The number of benzene rings is 1. The molecule has 1 N–H and O–H groups in total. The molecule has 1 atom stereocenters. The van der Waals surface area contributed by atoms with E-state index in [9.17, 15) is 5.11 Å². The van der Waals surface area contributed by atoms with Crippen LogP contribution in [-0.4, -0.2) is 17.8 Å². The van der Waals surface area contributed by atoms with Crippen molar-refractivity contribution in [2.45, 2.75) is 26.4 Å². The second kappa shape index (κ2) is 5.66. The Bertz CT molecular complexity index is 244. The normalized spacial score (nSPS) is 12.9. The van der Waals surface area contributed by atoms with Crippen LogP contribution in [0.25, 0.3) is 0 Å². The van der Waals surface area contributed by atoms with Crippen molar-refractivity contribution in [1.82, 2.24) is 0 Å². The molecule has 0 heterocycles. The molecular formula is C12H18O2. The monoisotopic (exact) mass is 194 g/mol. The van der Waals surface area contributed by atoms with E-state index in [4.69, 9.17) is 4.74 Å². The topological polar surface area (TPSA) is 29.5 Å². The molecule has 2 heteroatoms. The van der Waals surface area contributed by atoms with Gasteiger partial charge in [0.05, 0.1) is 12.7 Å². The summed E-state index contributed by atoms with van der Waals surface area (Å²) >= 11 is 0. The maximum Gasteiger partial charge on any atom is 0.119 e. The van der Waals surface area contributed by atoms with E-state index >= 15 is 0 Å². The van der Waals surface area contributed by atoms with Crippen LogP contribution in [0, 0.1) is 5.92 Å². The Hall–Kier alpha value is -1.02. The molecule has 1 aromatic carbocycles. The van der Waals surface area contributed by atoms with Crippen molar-refractivity contribution in [2.24, 2.45) is 5.92 Å². The van der Waals surface area contributed by atoms with Gasteiger partial charge in [0, 0.05) is 6.42 Å². The zero-order valence-corrected chi connectivity index (χ0v) is 8.81. The summed E-state index contributed by atoms with van der Waals surface area (Å²) in [6.45, 7) is 4.59. The van der Waals surface area contributed by atoms with Gasteiger partial charge in [0.1, 0.15) is 5.75 Å². The third-order valence-corrected chi connectivity index (χ3v) is 2.20. The lowest BCUT2D eigenvalue weighted by Gasteiger charge is -2.14. The van der Waals surface area contributed by atoms with E-state index in [-0.39, 0.29) is 6.10 Å². The lowest BCUT2D eigenvalue weighted by atomic mass is 10.1. The highest BCUT2D eigenvalue weighted by atomic mass is 16.5. The van der Waals surface area contributed by atoms with Crippen molar-refractivity contribution >= 4 is 0 Å². The third kappa shape index (κ3) is 3.79. The zero-order chi connectivity index (χ0) is 10.4. The summed E-state index contributed by atoms with van der Waals surface area (Å²) in [6.07, 6.45) is 0.422. The Morgan fingerprint density at radius 1 is 1.21 bits per heavy atom. The molecule has 78 valence electrons. The predicted molar refractivity (Wildman–Crippen MR) is 57.4 cm³/mol. The number of para-hydroxylation sites is 1. The van der Waals surface area contributed by atoms with Gasteiger partial charge in [0.25, 0.3) is 0 Å². The second-order valence-corrected chi connectivity index (χ2v) is 3.76. The van der Waals surface area contributed by atoms with Crippen LogP contribution in [0.1, 0.15) is 20.3 Å². The zero-order valence-electron chi connectivity index (χ0n) is 8.81. The first-order valence-corrected chi connectivity index (χ1v) is 5.06. The quantitative estimate of drug-likeness (QED) is 0.780. The summed E-state index contributed by atoms with van der Waals surface area (Å²) in [5.41, 5.74) is 0. The van der Waals surface area contributed by atoms with Crippen LogP contribution in [0.4, 0.5) is 0 Å². The van der Waals surface area contributed by atoms with E-state index < -0.39 is 0 Å². The van der Waals surface area contributed by atoms with Crippen LogP contribution in [0.2, 0.25) is 0 Å². The van der Waals surface area contributed by atoms with Gasteiger partial charge in [-0.1, -0.05) is 32.0 Å². The van der Waals surface area contributed by atoms with Crippen LogP contribution in [0.3, 0.4) is 0 Å². The molecule has 0 spiro atoms. The molecule has 0 aromatic heterocycles. The predicted octanol–water partition coefficient (Wildman–Crippen LogP) is 2.47. The molecule has 0 aliphatic heterocycles. The van der Waals surface area contributed by atoms with Crippen molar-refractivity contribution in [1.29, 1.82) is 0 Å². The SMILES string of the molecule is CC(C)C(O)CCOc1ccccc1. The van der Waals surface area contributed by atoms with E-state index in [1.165, 1.54) is 0 Å². The van der Waals surface area contributed by atoms with Gasteiger partial charge in [0.2, 0.25) is 0 Å². The van der Waals surface area contributed by atoms with Gasteiger partial charge in [-0.25, -0.2) is 0 Å². The van der Waals surface area contributed by atoms with Gasteiger partial charge >= 0.3 is 0 Å². The van der Waals surface area contributed by atoms with Crippen molar-refractivity contribution in [2.75, 3.05) is 6.61 Å². The minimum atomic E-state index is -0.265. The second-order valence-electron chi connectivity index (χ2n) is 3.76. The van der Waals surface area contributed by atoms with Gasteiger partial charge in [0.15, 0.2) is 0 Å². The largest absolute Gasteiger partial charge is 0.493 e. The average Bonchev–Trinajstić information content (AvgIpc) is 2.19. The Morgan fingerprint density at radius 2 is 1.86 bits per heavy atom. The maximum atomic E-state index is 9.52. The molecular weight excluding hydrogens is 176 g/mol. The van der Waals surface area contributed by atoms with Crippen molar-refractivity contribution in [3.63, 3.8) is 0 Å².